The molecule has 2 aromatic heterocycles. The first-order valence-electron chi connectivity index (χ1n) is 11.9. The fraction of sp³-hybridized carbons (Fsp3) is 0.143. The van der Waals surface area contributed by atoms with Crippen molar-refractivity contribution in [2.75, 3.05) is 0 Å². The molecule has 0 bridgehead atoms. The van der Waals surface area contributed by atoms with Gasteiger partial charge in [0, 0.05) is 29.0 Å². The summed E-state index contributed by atoms with van der Waals surface area (Å²) in [6.07, 6.45) is 0. The number of halogens is 2. The molecule has 0 aliphatic carbocycles. The van der Waals surface area contributed by atoms with Crippen molar-refractivity contribution in [1.82, 2.24) is 16.1 Å². The molecule has 0 aliphatic rings. The van der Waals surface area contributed by atoms with Crippen molar-refractivity contribution < 1.29 is 19.5 Å². The van der Waals surface area contributed by atoms with Crippen LogP contribution >= 0.6 is 56.9 Å². The maximum atomic E-state index is 12.7. The van der Waals surface area contributed by atoms with Gasteiger partial charge in [0.2, 0.25) is 5.91 Å². The van der Waals surface area contributed by atoms with E-state index in [4.69, 9.17) is 11.6 Å². The van der Waals surface area contributed by atoms with Crippen molar-refractivity contribution in [2.24, 2.45) is 5.10 Å². The monoisotopic (exact) mass is 706 g/mol. The predicted octanol–water partition coefficient (Wildman–Crippen LogP) is 6.16. The summed E-state index contributed by atoms with van der Waals surface area (Å²) in [5.74, 6) is -0.785. The Bertz CT molecular complexity index is 1600. The third-order valence-corrected chi connectivity index (χ3v) is 9.41. The molecular weight excluding hydrogens is 683 g/mol. The number of nitrogens with one attached hydrogen (secondary N) is 3. The minimum atomic E-state index is -0.461. The van der Waals surface area contributed by atoms with E-state index in [-0.39, 0.29) is 17.6 Å². The second-order valence-electron chi connectivity index (χ2n) is 8.67. The molecule has 0 unspecified atom stereocenters. The van der Waals surface area contributed by atoms with Crippen LogP contribution in [0.4, 0.5) is 0 Å². The molecule has 4 aromatic rings. The van der Waals surface area contributed by atoms with E-state index >= 15 is 0 Å². The summed E-state index contributed by atoms with van der Waals surface area (Å²) in [5.41, 5.74) is 6.09. The first-order chi connectivity index (χ1) is 19.1. The number of thiophene rings is 2. The zero-order valence-electron chi connectivity index (χ0n) is 21.4. The maximum Gasteiger partial charge on any atom is 0.281 e. The van der Waals surface area contributed by atoms with E-state index in [1.165, 1.54) is 18.3 Å². The van der Waals surface area contributed by atoms with Crippen LogP contribution in [0, 0.1) is 3.57 Å². The number of nitrogens with zero attached hydrogens (tertiary/aromatic N) is 1. The van der Waals surface area contributed by atoms with Crippen LogP contribution in [0.15, 0.2) is 65.1 Å². The van der Waals surface area contributed by atoms with Crippen LogP contribution in [0.2, 0.25) is 5.02 Å². The topological polar surface area (TPSA) is 120 Å². The Morgan fingerprint density at radius 3 is 2.17 bits per heavy atom. The van der Waals surface area contributed by atoms with E-state index < -0.39 is 5.91 Å². The Balaban J connectivity index is 1.33. The summed E-state index contributed by atoms with van der Waals surface area (Å²) in [6, 6.07) is 16.3. The number of carbonyl (C=O) groups excluding carboxylic acids is 3. The lowest BCUT2D eigenvalue weighted by Crippen LogP contribution is -2.22. The second kappa shape index (κ2) is 13.4. The van der Waals surface area contributed by atoms with Gasteiger partial charge in [0.1, 0.15) is 5.75 Å². The summed E-state index contributed by atoms with van der Waals surface area (Å²) in [5, 5.41) is 22.9. The largest absolute Gasteiger partial charge is 0.506 e. The Morgan fingerprint density at radius 1 is 0.925 bits per heavy atom. The quantitative estimate of drug-likeness (QED) is 0.0947. The molecule has 0 saturated carbocycles. The minimum Gasteiger partial charge on any atom is -0.506 e. The molecule has 0 aliphatic heterocycles. The number of benzene rings is 2. The van der Waals surface area contributed by atoms with Crippen LogP contribution in [0.25, 0.3) is 10.4 Å². The highest BCUT2D eigenvalue weighted by molar-refractivity contribution is 14.1. The van der Waals surface area contributed by atoms with E-state index in [1.54, 1.807) is 30.5 Å². The van der Waals surface area contributed by atoms with Crippen LogP contribution in [-0.4, -0.2) is 28.5 Å². The number of rotatable bonds is 9. The molecule has 2 aromatic carbocycles. The lowest BCUT2D eigenvalue weighted by atomic mass is 10.1. The van der Waals surface area contributed by atoms with Crippen LogP contribution in [-0.2, 0) is 17.9 Å². The number of hydrogen-bond acceptors (Lipinski definition) is 7. The van der Waals surface area contributed by atoms with E-state index in [9.17, 15) is 19.5 Å². The SMILES string of the molecule is CC(=O)NCc1ccc(CNC(=O)c2ccc(C(=O)N/N=C(\C)c3csc(-c4ccc(I)c(Cl)c4)c3O)s2)cc1. The predicted molar refractivity (Wildman–Crippen MR) is 168 cm³/mol. The van der Waals surface area contributed by atoms with Gasteiger partial charge in [-0.3, -0.25) is 14.4 Å². The fourth-order valence-electron chi connectivity index (χ4n) is 3.55. The standard InChI is InChI=1S/C28H24ClIN4O4S2/c1-15(20-14-39-26(25(20)36)19-7-8-22(30)21(29)11-19)33-34-28(38)24-10-9-23(40-24)27(37)32-13-18-5-3-17(4-6-18)12-31-16(2)35/h3-11,14,36H,12-13H2,1-2H3,(H,31,35)(H,32,37)(H,34,38)/b33-15+. The number of carbonyl (C=O) groups is 3. The molecule has 0 fully saturated rings. The highest BCUT2D eigenvalue weighted by Gasteiger charge is 2.17. The Kier molecular flexibility index (Phi) is 9.95. The molecule has 2 heterocycles. The molecule has 4 N–H and O–H groups in total. The average Bonchev–Trinajstić information content (AvgIpc) is 3.59. The summed E-state index contributed by atoms with van der Waals surface area (Å²) in [4.78, 5) is 37.7. The van der Waals surface area contributed by atoms with Crippen molar-refractivity contribution in [1.29, 1.82) is 0 Å². The Hall–Kier alpha value is -3.26. The van der Waals surface area contributed by atoms with Gasteiger partial charge in [-0.15, -0.1) is 22.7 Å². The molecule has 40 heavy (non-hydrogen) atoms. The van der Waals surface area contributed by atoms with Crippen LogP contribution in [0.3, 0.4) is 0 Å². The third-order valence-electron chi connectivity index (χ3n) is 5.73. The zero-order valence-corrected chi connectivity index (χ0v) is 25.9. The number of aromatic hydroxyl groups is 1. The van der Waals surface area contributed by atoms with Gasteiger partial charge < -0.3 is 15.7 Å². The summed E-state index contributed by atoms with van der Waals surface area (Å²) >= 11 is 10.8. The average molecular weight is 707 g/mol. The molecule has 12 heteroatoms. The lowest BCUT2D eigenvalue weighted by molar-refractivity contribution is -0.119. The normalized spacial score (nSPS) is 11.2. The number of hydrogen-bond donors (Lipinski definition) is 4. The van der Waals surface area contributed by atoms with Gasteiger partial charge in [-0.1, -0.05) is 41.9 Å². The van der Waals surface area contributed by atoms with Gasteiger partial charge in [-0.25, -0.2) is 5.43 Å². The molecule has 3 amide bonds. The van der Waals surface area contributed by atoms with Crippen molar-refractivity contribution in [2.45, 2.75) is 26.9 Å². The van der Waals surface area contributed by atoms with Crippen LogP contribution < -0.4 is 16.1 Å². The first-order valence-corrected chi connectivity index (χ1v) is 15.1. The van der Waals surface area contributed by atoms with E-state index in [0.717, 1.165) is 31.6 Å². The summed E-state index contributed by atoms with van der Waals surface area (Å²) in [6.45, 7) is 3.92. The van der Waals surface area contributed by atoms with Gasteiger partial charge >= 0.3 is 0 Å². The highest BCUT2D eigenvalue weighted by Crippen LogP contribution is 2.40. The van der Waals surface area contributed by atoms with Gasteiger partial charge in [0.25, 0.3) is 11.8 Å². The molecule has 206 valence electrons. The molecule has 0 radical (unpaired) electrons. The van der Waals surface area contributed by atoms with Gasteiger partial charge in [-0.2, -0.15) is 5.10 Å². The Morgan fingerprint density at radius 2 is 1.55 bits per heavy atom. The fourth-order valence-corrected chi connectivity index (χ4v) is 5.88. The van der Waals surface area contributed by atoms with Gasteiger partial charge in [-0.05, 0) is 70.5 Å². The smallest absolute Gasteiger partial charge is 0.281 e. The molecule has 0 saturated heterocycles. The van der Waals surface area contributed by atoms with E-state index in [1.807, 2.05) is 36.4 Å². The zero-order chi connectivity index (χ0) is 28.8. The molecular formula is C28H24ClIN4O4S2. The maximum absolute atomic E-state index is 12.7. The molecule has 0 spiro atoms. The summed E-state index contributed by atoms with van der Waals surface area (Å²) in [7, 11) is 0. The third kappa shape index (κ3) is 7.47. The lowest BCUT2D eigenvalue weighted by Gasteiger charge is -2.06. The van der Waals surface area contributed by atoms with E-state index in [0.29, 0.717) is 44.0 Å². The van der Waals surface area contributed by atoms with Gasteiger partial charge in [0.15, 0.2) is 0 Å². The van der Waals surface area contributed by atoms with E-state index in [2.05, 4.69) is 43.8 Å². The van der Waals surface area contributed by atoms with Crippen molar-refractivity contribution in [3.8, 4) is 16.2 Å². The van der Waals surface area contributed by atoms with Crippen LogP contribution in [0.5, 0.6) is 5.75 Å². The Labute approximate surface area is 257 Å². The molecule has 8 nitrogen and oxygen atoms in total. The van der Waals surface area contributed by atoms with Crippen molar-refractivity contribution in [3.05, 3.63) is 95.0 Å². The van der Waals surface area contributed by atoms with Crippen molar-refractivity contribution >= 4 is 80.3 Å². The number of amides is 3. The summed E-state index contributed by atoms with van der Waals surface area (Å²) < 4.78 is 0.917. The van der Waals surface area contributed by atoms with Crippen molar-refractivity contribution in [3.63, 3.8) is 0 Å². The highest BCUT2D eigenvalue weighted by atomic mass is 127. The van der Waals surface area contributed by atoms with Crippen LogP contribution in [0.1, 0.15) is 49.9 Å². The molecule has 0 atom stereocenters. The van der Waals surface area contributed by atoms with Gasteiger partial charge in [0.05, 0.1) is 30.9 Å². The first kappa shape index (κ1) is 29.7. The number of hydrazone groups is 1. The minimum absolute atomic E-state index is 0.0650. The second-order valence-corrected chi connectivity index (χ2v) is 12.2. The molecule has 4 rings (SSSR count).